The van der Waals surface area contributed by atoms with Crippen molar-refractivity contribution >= 4 is 11.0 Å². The normalized spacial score (nSPS) is 16.2. The third kappa shape index (κ3) is 3.76. The topological polar surface area (TPSA) is 37.6 Å². The first-order valence-corrected chi connectivity index (χ1v) is 9.39. The van der Waals surface area contributed by atoms with E-state index in [4.69, 9.17) is 9.15 Å². The van der Waals surface area contributed by atoms with E-state index in [1.54, 1.807) is 7.11 Å². The molecule has 1 unspecified atom stereocenters. The second-order valence-electron chi connectivity index (χ2n) is 6.91. The van der Waals surface area contributed by atoms with E-state index < -0.39 is 0 Å². The number of para-hydroxylation sites is 1. The first-order valence-electron chi connectivity index (χ1n) is 9.39. The molecule has 0 bridgehead atoms. The van der Waals surface area contributed by atoms with Gasteiger partial charge in [0.1, 0.15) is 17.1 Å². The van der Waals surface area contributed by atoms with Crippen LogP contribution in [0, 0.1) is 0 Å². The van der Waals surface area contributed by atoms with Crippen LogP contribution in [-0.4, -0.2) is 31.6 Å². The lowest BCUT2D eigenvalue weighted by molar-refractivity contribution is 0.237. The Bertz CT molecular complexity index is 802. The first-order chi connectivity index (χ1) is 12.8. The predicted octanol–water partition coefficient (Wildman–Crippen LogP) is 4.37. The molecular formula is C22H26N2O2. The van der Waals surface area contributed by atoms with E-state index in [0.717, 1.165) is 35.6 Å². The maximum absolute atomic E-state index is 5.92. The van der Waals surface area contributed by atoms with Crippen molar-refractivity contribution in [3.63, 3.8) is 0 Å². The molecule has 2 heterocycles. The quantitative estimate of drug-likeness (QED) is 0.687. The summed E-state index contributed by atoms with van der Waals surface area (Å²) in [7, 11) is 1.71. The van der Waals surface area contributed by atoms with Crippen LogP contribution in [0.4, 0.5) is 0 Å². The van der Waals surface area contributed by atoms with Crippen molar-refractivity contribution in [2.45, 2.75) is 25.4 Å². The standard InChI is InChI=1S/C22H26N2O2/c1-25-19-10-8-17(9-11-19)21(24-12-4-5-13-24)16-23-15-20-14-18-6-2-3-7-22(18)26-20/h2-3,6-11,14,21,23H,4-5,12-13,15-16H2,1H3. The summed E-state index contributed by atoms with van der Waals surface area (Å²) in [6.45, 7) is 3.99. The summed E-state index contributed by atoms with van der Waals surface area (Å²) in [5.74, 6) is 1.89. The van der Waals surface area contributed by atoms with E-state index >= 15 is 0 Å². The van der Waals surface area contributed by atoms with Crippen LogP contribution in [0.25, 0.3) is 11.0 Å². The highest BCUT2D eigenvalue weighted by molar-refractivity contribution is 5.77. The Hall–Kier alpha value is -2.30. The van der Waals surface area contributed by atoms with E-state index in [0.29, 0.717) is 6.04 Å². The van der Waals surface area contributed by atoms with Crippen LogP contribution in [0.3, 0.4) is 0 Å². The molecule has 0 radical (unpaired) electrons. The molecule has 3 aromatic rings. The van der Waals surface area contributed by atoms with E-state index in [2.05, 4.69) is 46.6 Å². The second-order valence-corrected chi connectivity index (χ2v) is 6.91. The van der Waals surface area contributed by atoms with Crippen LogP contribution in [0.2, 0.25) is 0 Å². The lowest BCUT2D eigenvalue weighted by Crippen LogP contribution is -2.33. The largest absolute Gasteiger partial charge is 0.497 e. The Kier molecular flexibility index (Phi) is 5.23. The molecule has 1 N–H and O–H groups in total. The summed E-state index contributed by atoms with van der Waals surface area (Å²) < 4.78 is 11.2. The van der Waals surface area contributed by atoms with Gasteiger partial charge in [-0.1, -0.05) is 30.3 Å². The Balaban J connectivity index is 1.43. The molecule has 4 rings (SSSR count). The summed E-state index contributed by atoms with van der Waals surface area (Å²) in [4.78, 5) is 2.58. The van der Waals surface area contributed by atoms with Crippen molar-refractivity contribution in [3.8, 4) is 5.75 Å². The van der Waals surface area contributed by atoms with Gasteiger partial charge in [-0.25, -0.2) is 0 Å². The molecule has 1 atom stereocenters. The van der Waals surface area contributed by atoms with Gasteiger partial charge in [0.2, 0.25) is 0 Å². The lowest BCUT2D eigenvalue weighted by Gasteiger charge is -2.28. The van der Waals surface area contributed by atoms with Crippen molar-refractivity contribution in [1.82, 2.24) is 10.2 Å². The van der Waals surface area contributed by atoms with Crippen LogP contribution in [-0.2, 0) is 6.54 Å². The molecule has 136 valence electrons. The number of fused-ring (bicyclic) bond motifs is 1. The van der Waals surface area contributed by atoms with Crippen LogP contribution in [0.5, 0.6) is 5.75 Å². The van der Waals surface area contributed by atoms with Crippen molar-refractivity contribution in [2.75, 3.05) is 26.7 Å². The maximum atomic E-state index is 5.92. The first kappa shape index (κ1) is 17.1. The summed E-state index contributed by atoms with van der Waals surface area (Å²) in [5.41, 5.74) is 2.29. The monoisotopic (exact) mass is 350 g/mol. The number of benzene rings is 2. The van der Waals surface area contributed by atoms with E-state index in [9.17, 15) is 0 Å². The van der Waals surface area contributed by atoms with Gasteiger partial charge in [-0.15, -0.1) is 0 Å². The number of furan rings is 1. The smallest absolute Gasteiger partial charge is 0.134 e. The zero-order valence-corrected chi connectivity index (χ0v) is 15.3. The van der Waals surface area contributed by atoms with Gasteiger partial charge in [0.25, 0.3) is 0 Å². The van der Waals surface area contributed by atoms with Gasteiger partial charge in [-0.3, -0.25) is 4.90 Å². The van der Waals surface area contributed by atoms with E-state index in [1.165, 1.54) is 31.5 Å². The zero-order chi connectivity index (χ0) is 17.8. The molecule has 1 fully saturated rings. The number of hydrogen-bond donors (Lipinski definition) is 1. The molecule has 1 saturated heterocycles. The molecule has 0 spiro atoms. The Morgan fingerprint density at radius 3 is 2.58 bits per heavy atom. The number of nitrogens with one attached hydrogen (secondary N) is 1. The number of nitrogens with zero attached hydrogens (tertiary/aromatic N) is 1. The minimum Gasteiger partial charge on any atom is -0.497 e. The number of rotatable bonds is 7. The SMILES string of the molecule is COc1ccc(C(CNCc2cc3ccccc3o2)N2CCCC2)cc1. The average Bonchev–Trinajstić information content (AvgIpc) is 3.35. The highest BCUT2D eigenvalue weighted by Gasteiger charge is 2.23. The molecule has 4 heteroatoms. The van der Waals surface area contributed by atoms with Gasteiger partial charge in [0, 0.05) is 18.0 Å². The van der Waals surface area contributed by atoms with Crippen LogP contribution < -0.4 is 10.1 Å². The highest BCUT2D eigenvalue weighted by Crippen LogP contribution is 2.26. The third-order valence-electron chi connectivity index (χ3n) is 5.20. The molecule has 1 aliphatic heterocycles. The van der Waals surface area contributed by atoms with Crippen molar-refractivity contribution < 1.29 is 9.15 Å². The lowest BCUT2D eigenvalue weighted by atomic mass is 10.1. The van der Waals surface area contributed by atoms with Crippen molar-refractivity contribution in [2.24, 2.45) is 0 Å². The molecule has 0 amide bonds. The number of likely N-dealkylation sites (tertiary alicyclic amines) is 1. The summed E-state index contributed by atoms with van der Waals surface area (Å²) in [5, 5.41) is 4.76. The van der Waals surface area contributed by atoms with Gasteiger partial charge < -0.3 is 14.5 Å². The third-order valence-corrected chi connectivity index (χ3v) is 5.20. The number of hydrogen-bond acceptors (Lipinski definition) is 4. The average molecular weight is 350 g/mol. The van der Waals surface area contributed by atoms with Gasteiger partial charge in [0.05, 0.1) is 13.7 Å². The Labute approximate surface area is 154 Å². The number of ether oxygens (including phenoxy) is 1. The van der Waals surface area contributed by atoms with E-state index in [1.807, 2.05) is 18.2 Å². The molecule has 4 nitrogen and oxygen atoms in total. The predicted molar refractivity (Wildman–Crippen MR) is 104 cm³/mol. The minimum absolute atomic E-state index is 0.382. The molecular weight excluding hydrogens is 324 g/mol. The van der Waals surface area contributed by atoms with Crippen molar-refractivity contribution in [1.29, 1.82) is 0 Å². The summed E-state index contributed by atoms with van der Waals surface area (Å²) in [6.07, 6.45) is 2.58. The molecule has 0 aliphatic carbocycles. The Morgan fingerprint density at radius 1 is 1.08 bits per heavy atom. The number of methoxy groups -OCH3 is 1. The van der Waals surface area contributed by atoms with Gasteiger partial charge in [-0.2, -0.15) is 0 Å². The van der Waals surface area contributed by atoms with E-state index in [-0.39, 0.29) is 0 Å². The summed E-state index contributed by atoms with van der Waals surface area (Å²) >= 11 is 0. The van der Waals surface area contributed by atoms with Crippen molar-refractivity contribution in [3.05, 3.63) is 65.9 Å². The zero-order valence-electron chi connectivity index (χ0n) is 15.3. The van der Waals surface area contributed by atoms with Gasteiger partial charge in [0.15, 0.2) is 0 Å². The fraction of sp³-hybridized carbons (Fsp3) is 0.364. The highest BCUT2D eigenvalue weighted by atomic mass is 16.5. The minimum atomic E-state index is 0.382. The molecule has 0 saturated carbocycles. The Morgan fingerprint density at radius 2 is 1.85 bits per heavy atom. The maximum Gasteiger partial charge on any atom is 0.134 e. The molecule has 2 aromatic carbocycles. The van der Waals surface area contributed by atoms with Gasteiger partial charge in [-0.05, 0) is 55.8 Å². The molecule has 1 aromatic heterocycles. The van der Waals surface area contributed by atoms with Crippen LogP contribution in [0.1, 0.15) is 30.2 Å². The molecule has 1 aliphatic rings. The summed E-state index contributed by atoms with van der Waals surface area (Å²) in [6, 6.07) is 19.1. The van der Waals surface area contributed by atoms with Gasteiger partial charge >= 0.3 is 0 Å². The second kappa shape index (κ2) is 7.94. The van der Waals surface area contributed by atoms with Crippen LogP contribution in [0.15, 0.2) is 59.0 Å². The van der Waals surface area contributed by atoms with Crippen LogP contribution >= 0.6 is 0 Å². The fourth-order valence-corrected chi connectivity index (χ4v) is 3.79. The fourth-order valence-electron chi connectivity index (χ4n) is 3.79. The molecule has 26 heavy (non-hydrogen) atoms.